The number of hydrogen-bond donors (Lipinski definition) is 1. The molecular weight excluding hydrogens is 339 g/mol. The summed E-state index contributed by atoms with van der Waals surface area (Å²) in [6.45, 7) is 1.73. The van der Waals surface area contributed by atoms with Crippen molar-refractivity contribution >= 4 is 17.2 Å². The second kappa shape index (κ2) is 6.36. The summed E-state index contributed by atoms with van der Waals surface area (Å²) in [5, 5.41) is 14.5. The number of nitrogens with zero attached hydrogens (tertiary/aromatic N) is 5. The molecule has 0 unspecified atom stereocenters. The molecule has 0 aliphatic heterocycles. The van der Waals surface area contributed by atoms with Crippen LogP contribution in [-0.2, 0) is 11.2 Å². The van der Waals surface area contributed by atoms with Crippen LogP contribution in [0.5, 0.6) is 0 Å². The van der Waals surface area contributed by atoms with Gasteiger partial charge >= 0.3 is 0 Å². The van der Waals surface area contributed by atoms with Crippen LogP contribution >= 0.6 is 0 Å². The molecule has 1 aromatic carbocycles. The molecule has 0 bridgehead atoms. The Balaban J connectivity index is 1.59. The minimum absolute atomic E-state index is 0.0238. The number of nitrogens with one attached hydrogen (secondary N) is 1. The number of halogens is 1. The molecule has 3 aromatic heterocycles. The molecule has 0 atom stereocenters. The molecule has 4 aromatic rings. The van der Waals surface area contributed by atoms with Gasteiger partial charge in [-0.15, -0.1) is 10.2 Å². The highest BCUT2D eigenvalue weighted by Crippen LogP contribution is 2.18. The van der Waals surface area contributed by atoms with Gasteiger partial charge in [0.1, 0.15) is 11.6 Å². The lowest BCUT2D eigenvalue weighted by Gasteiger charge is -2.05. The predicted octanol–water partition coefficient (Wildman–Crippen LogP) is 2.41. The van der Waals surface area contributed by atoms with Gasteiger partial charge in [-0.05, 0) is 37.3 Å². The zero-order valence-corrected chi connectivity index (χ0v) is 13.7. The minimum Gasteiger partial charge on any atom is -0.334 e. The third kappa shape index (κ3) is 3.14. The van der Waals surface area contributed by atoms with Gasteiger partial charge < -0.3 is 9.84 Å². The molecular formula is C17H13FN6O2. The fourth-order valence-corrected chi connectivity index (χ4v) is 2.51. The number of benzene rings is 1. The lowest BCUT2D eigenvalue weighted by molar-refractivity contribution is -0.115. The largest absolute Gasteiger partial charge is 0.334 e. The van der Waals surface area contributed by atoms with E-state index in [0.29, 0.717) is 34.4 Å². The Labute approximate surface area is 146 Å². The van der Waals surface area contributed by atoms with Crippen molar-refractivity contribution in [1.29, 1.82) is 0 Å². The average molecular weight is 352 g/mol. The number of carbonyl (C=O) groups is 1. The van der Waals surface area contributed by atoms with E-state index in [1.54, 1.807) is 35.7 Å². The standard InChI is InChI=1S/C17H13FN6O2/c1-10-19-17(26-23-10)11-5-6-14-21-22-15(24(14)9-11)8-16(25)20-13-4-2-3-12(18)7-13/h2-7,9H,8H2,1H3,(H,20,25). The number of anilines is 1. The number of pyridine rings is 1. The average Bonchev–Trinajstić information content (AvgIpc) is 3.21. The number of rotatable bonds is 4. The topological polar surface area (TPSA) is 98.2 Å². The third-order valence-electron chi connectivity index (χ3n) is 3.67. The van der Waals surface area contributed by atoms with E-state index in [4.69, 9.17) is 4.52 Å². The van der Waals surface area contributed by atoms with Crippen LogP contribution in [0.3, 0.4) is 0 Å². The molecule has 0 spiro atoms. The van der Waals surface area contributed by atoms with Crippen molar-refractivity contribution in [2.24, 2.45) is 0 Å². The molecule has 0 aliphatic carbocycles. The van der Waals surface area contributed by atoms with Crippen LogP contribution in [0.15, 0.2) is 47.1 Å². The number of amides is 1. The number of fused-ring (bicyclic) bond motifs is 1. The van der Waals surface area contributed by atoms with Crippen molar-refractivity contribution in [3.05, 3.63) is 60.1 Å². The van der Waals surface area contributed by atoms with Gasteiger partial charge in [0.25, 0.3) is 5.89 Å². The maximum atomic E-state index is 13.2. The number of aromatic nitrogens is 5. The van der Waals surface area contributed by atoms with Gasteiger partial charge in [-0.3, -0.25) is 9.20 Å². The van der Waals surface area contributed by atoms with Gasteiger partial charge in [0.05, 0.1) is 12.0 Å². The van der Waals surface area contributed by atoms with Crippen LogP contribution in [0.25, 0.3) is 17.1 Å². The number of aryl methyl sites for hydroxylation is 1. The summed E-state index contributed by atoms with van der Waals surface area (Å²) in [5.41, 5.74) is 1.65. The summed E-state index contributed by atoms with van der Waals surface area (Å²) >= 11 is 0. The molecule has 4 rings (SSSR count). The van der Waals surface area contributed by atoms with Gasteiger partial charge in [0.2, 0.25) is 5.91 Å². The lowest BCUT2D eigenvalue weighted by atomic mass is 10.2. The van der Waals surface area contributed by atoms with E-state index in [-0.39, 0.29) is 12.3 Å². The minimum atomic E-state index is -0.421. The van der Waals surface area contributed by atoms with Crippen LogP contribution < -0.4 is 5.32 Å². The van der Waals surface area contributed by atoms with Crippen molar-refractivity contribution in [2.45, 2.75) is 13.3 Å². The van der Waals surface area contributed by atoms with Crippen molar-refractivity contribution in [1.82, 2.24) is 24.7 Å². The Morgan fingerprint density at radius 2 is 2.15 bits per heavy atom. The second-order valence-electron chi connectivity index (χ2n) is 5.64. The van der Waals surface area contributed by atoms with Crippen molar-refractivity contribution in [2.75, 3.05) is 5.32 Å². The zero-order chi connectivity index (χ0) is 18.1. The zero-order valence-electron chi connectivity index (χ0n) is 13.7. The smallest absolute Gasteiger partial charge is 0.259 e. The second-order valence-corrected chi connectivity index (χ2v) is 5.64. The summed E-state index contributed by atoms with van der Waals surface area (Å²) < 4.78 is 20.1. The van der Waals surface area contributed by atoms with E-state index >= 15 is 0 Å². The first-order chi connectivity index (χ1) is 12.6. The first-order valence-electron chi connectivity index (χ1n) is 7.78. The molecule has 26 heavy (non-hydrogen) atoms. The van der Waals surface area contributed by atoms with Crippen LogP contribution in [0.1, 0.15) is 11.6 Å². The SMILES string of the molecule is Cc1noc(-c2ccc3nnc(CC(=O)Nc4cccc(F)c4)n3c2)n1. The number of carbonyl (C=O) groups excluding carboxylic acids is 1. The monoisotopic (exact) mass is 352 g/mol. The maximum absolute atomic E-state index is 13.2. The van der Waals surface area contributed by atoms with Crippen LogP contribution in [-0.4, -0.2) is 30.6 Å². The molecule has 0 saturated heterocycles. The third-order valence-corrected chi connectivity index (χ3v) is 3.67. The summed E-state index contributed by atoms with van der Waals surface area (Å²) in [5.74, 6) is 0.581. The van der Waals surface area contributed by atoms with Crippen LogP contribution in [0, 0.1) is 12.7 Å². The molecule has 0 fully saturated rings. The van der Waals surface area contributed by atoms with E-state index in [0.717, 1.165) is 0 Å². The fraction of sp³-hybridized carbons (Fsp3) is 0.118. The molecule has 0 radical (unpaired) electrons. The number of hydrogen-bond acceptors (Lipinski definition) is 6. The fourth-order valence-electron chi connectivity index (χ4n) is 2.51. The van der Waals surface area contributed by atoms with E-state index in [9.17, 15) is 9.18 Å². The van der Waals surface area contributed by atoms with Crippen molar-refractivity contribution < 1.29 is 13.7 Å². The Morgan fingerprint density at radius 1 is 1.27 bits per heavy atom. The summed E-state index contributed by atoms with van der Waals surface area (Å²) in [6, 6.07) is 9.22. The molecule has 8 nitrogen and oxygen atoms in total. The van der Waals surface area contributed by atoms with Crippen molar-refractivity contribution in [3.63, 3.8) is 0 Å². The molecule has 0 aliphatic rings. The first kappa shape index (κ1) is 15.9. The van der Waals surface area contributed by atoms with E-state index in [1.807, 2.05) is 0 Å². The Hall–Kier alpha value is -3.62. The highest BCUT2D eigenvalue weighted by Gasteiger charge is 2.14. The summed E-state index contributed by atoms with van der Waals surface area (Å²) in [4.78, 5) is 16.4. The van der Waals surface area contributed by atoms with Crippen LogP contribution in [0.4, 0.5) is 10.1 Å². The summed E-state index contributed by atoms with van der Waals surface area (Å²) in [7, 11) is 0. The quantitative estimate of drug-likeness (QED) is 0.606. The molecule has 1 amide bonds. The predicted molar refractivity (Wildman–Crippen MR) is 89.7 cm³/mol. The maximum Gasteiger partial charge on any atom is 0.259 e. The van der Waals surface area contributed by atoms with Crippen molar-refractivity contribution in [3.8, 4) is 11.5 Å². The Morgan fingerprint density at radius 3 is 2.92 bits per heavy atom. The lowest BCUT2D eigenvalue weighted by Crippen LogP contribution is -2.16. The van der Waals surface area contributed by atoms with Crippen LogP contribution in [0.2, 0.25) is 0 Å². The van der Waals surface area contributed by atoms with Gasteiger partial charge in [0, 0.05) is 11.9 Å². The van der Waals surface area contributed by atoms with E-state index in [2.05, 4.69) is 25.7 Å². The van der Waals surface area contributed by atoms with E-state index in [1.165, 1.54) is 18.2 Å². The molecule has 0 saturated carbocycles. The first-order valence-corrected chi connectivity index (χ1v) is 7.78. The van der Waals surface area contributed by atoms with Gasteiger partial charge in [-0.1, -0.05) is 11.2 Å². The molecule has 3 heterocycles. The van der Waals surface area contributed by atoms with E-state index < -0.39 is 5.82 Å². The summed E-state index contributed by atoms with van der Waals surface area (Å²) in [6.07, 6.45) is 1.71. The Kier molecular flexibility index (Phi) is 3.88. The van der Waals surface area contributed by atoms with Gasteiger partial charge in [0.15, 0.2) is 11.5 Å². The Bertz CT molecular complexity index is 1100. The molecule has 9 heteroatoms. The molecule has 1 N–H and O–H groups in total. The van der Waals surface area contributed by atoms with Gasteiger partial charge in [-0.25, -0.2) is 4.39 Å². The molecule has 130 valence electrons. The highest BCUT2D eigenvalue weighted by molar-refractivity contribution is 5.91. The normalized spacial score (nSPS) is 11.0. The highest BCUT2D eigenvalue weighted by atomic mass is 19.1. The van der Waals surface area contributed by atoms with Gasteiger partial charge in [-0.2, -0.15) is 4.98 Å².